The number of furan rings is 1. The lowest BCUT2D eigenvalue weighted by Gasteiger charge is -2.26. The number of carbonyl (C=O) groups excluding carboxylic acids is 1. The number of hydrogen-bond donors (Lipinski definition) is 0. The Morgan fingerprint density at radius 2 is 1.75 bits per heavy atom. The van der Waals surface area contributed by atoms with Gasteiger partial charge in [-0.05, 0) is 61.0 Å². The molecule has 0 spiro atoms. The Morgan fingerprint density at radius 3 is 2.38 bits per heavy atom. The highest BCUT2D eigenvalue weighted by atomic mass is 35.5. The van der Waals surface area contributed by atoms with Crippen LogP contribution in [0.2, 0.25) is 10.0 Å². The van der Waals surface area contributed by atoms with Gasteiger partial charge < -0.3 is 9.15 Å². The quantitative estimate of drug-likeness (QED) is 0.232. The average Bonchev–Trinajstić information content (AvgIpc) is 3.48. The zero-order valence-corrected chi connectivity index (χ0v) is 23.5. The molecule has 4 aromatic rings. The van der Waals surface area contributed by atoms with Gasteiger partial charge in [-0.1, -0.05) is 58.4 Å². The molecule has 5 rings (SSSR count). The smallest absolute Gasteiger partial charge is 0.434 e. The molecule has 13 heteroatoms. The molecule has 0 bridgehead atoms. The lowest BCUT2D eigenvalue weighted by Crippen LogP contribution is -2.41. The van der Waals surface area contributed by atoms with Gasteiger partial charge in [0.05, 0.1) is 22.8 Å². The molecule has 2 aromatic carbocycles. The van der Waals surface area contributed by atoms with Crippen molar-refractivity contribution in [1.82, 2.24) is 4.57 Å². The van der Waals surface area contributed by atoms with Crippen molar-refractivity contribution in [3.8, 4) is 0 Å². The first kappa shape index (κ1) is 28.3. The largest absolute Gasteiger partial charge is 0.463 e. The summed E-state index contributed by atoms with van der Waals surface area (Å²) in [6.07, 6.45) is -3.56. The van der Waals surface area contributed by atoms with Crippen LogP contribution in [0.25, 0.3) is 6.08 Å². The van der Waals surface area contributed by atoms with Crippen molar-refractivity contribution in [2.75, 3.05) is 6.61 Å². The summed E-state index contributed by atoms with van der Waals surface area (Å²) in [6.45, 7) is 1.31. The maximum Gasteiger partial charge on any atom is 0.434 e. The van der Waals surface area contributed by atoms with Gasteiger partial charge in [0.15, 0.2) is 15.6 Å². The van der Waals surface area contributed by atoms with Gasteiger partial charge >= 0.3 is 12.1 Å². The number of carbonyl (C=O) groups is 1. The molecule has 0 saturated heterocycles. The molecule has 40 heavy (non-hydrogen) atoms. The predicted molar refractivity (Wildman–Crippen MR) is 147 cm³/mol. The molecule has 1 aliphatic heterocycles. The molecule has 1 aliphatic rings. The van der Waals surface area contributed by atoms with Crippen LogP contribution >= 0.6 is 46.3 Å². The third-order valence-electron chi connectivity index (χ3n) is 5.69. The second kappa shape index (κ2) is 11.3. The highest BCUT2D eigenvalue weighted by molar-refractivity contribution is 7.99. The van der Waals surface area contributed by atoms with Crippen molar-refractivity contribution in [2.24, 2.45) is 4.99 Å². The highest BCUT2D eigenvalue weighted by Gasteiger charge is 2.45. The molecular formula is C27H17Cl2F3N2O4S2. The van der Waals surface area contributed by atoms with Crippen LogP contribution in [0.15, 0.2) is 96.1 Å². The zero-order valence-electron chi connectivity index (χ0n) is 20.4. The van der Waals surface area contributed by atoms with E-state index in [1.807, 2.05) is 12.1 Å². The highest BCUT2D eigenvalue weighted by Crippen LogP contribution is 2.38. The summed E-state index contributed by atoms with van der Waals surface area (Å²) < 4.78 is 54.5. The fourth-order valence-electron chi connectivity index (χ4n) is 4.02. The fourth-order valence-corrected chi connectivity index (χ4v) is 6.03. The number of benzene rings is 2. The van der Waals surface area contributed by atoms with E-state index in [4.69, 9.17) is 32.4 Å². The van der Waals surface area contributed by atoms with Crippen LogP contribution in [-0.2, 0) is 9.53 Å². The molecule has 206 valence electrons. The van der Waals surface area contributed by atoms with Crippen molar-refractivity contribution < 1.29 is 27.1 Å². The van der Waals surface area contributed by atoms with E-state index >= 15 is 0 Å². The summed E-state index contributed by atoms with van der Waals surface area (Å²) in [5.41, 5.74) is -2.61. The van der Waals surface area contributed by atoms with Crippen molar-refractivity contribution >= 4 is 58.3 Å². The van der Waals surface area contributed by atoms with Crippen molar-refractivity contribution in [3.05, 3.63) is 113 Å². The van der Waals surface area contributed by atoms with Gasteiger partial charge in [-0.3, -0.25) is 9.36 Å². The number of rotatable bonds is 6. The Hall–Kier alpha value is -3.25. The first-order chi connectivity index (χ1) is 19.0. The lowest BCUT2D eigenvalue weighted by molar-refractivity contribution is -0.140. The zero-order chi connectivity index (χ0) is 28.6. The molecule has 0 radical (unpaired) electrons. The number of alkyl halides is 3. The van der Waals surface area contributed by atoms with Crippen LogP contribution in [0.4, 0.5) is 13.2 Å². The summed E-state index contributed by atoms with van der Waals surface area (Å²) in [5.74, 6) is -0.909. The number of ether oxygens (including phenoxy) is 1. The topological polar surface area (TPSA) is 73.8 Å². The van der Waals surface area contributed by atoms with Crippen LogP contribution in [0.5, 0.6) is 0 Å². The SMILES string of the molecule is CCOC(=O)C1=C(C(F)(F)F)N=c2s/c(=C/c3ccc(Sc4ccc(Cl)cc4)o3)c(=O)n2[C@@H]1c1ccc(Cl)cc1. The Morgan fingerprint density at radius 1 is 1.10 bits per heavy atom. The van der Waals surface area contributed by atoms with Crippen molar-refractivity contribution in [1.29, 1.82) is 0 Å². The van der Waals surface area contributed by atoms with E-state index < -0.39 is 35.0 Å². The second-order valence-corrected chi connectivity index (χ2v) is 11.3. The number of allylic oxidation sites excluding steroid dienone is 1. The normalized spacial score (nSPS) is 15.7. The van der Waals surface area contributed by atoms with Gasteiger partial charge in [0.1, 0.15) is 5.76 Å². The molecule has 1 atom stereocenters. The van der Waals surface area contributed by atoms with Crippen LogP contribution in [0, 0.1) is 0 Å². The number of thiazole rings is 1. The Balaban J connectivity index is 1.64. The third kappa shape index (κ3) is 5.78. The van der Waals surface area contributed by atoms with Gasteiger partial charge in [0, 0.05) is 21.0 Å². The number of esters is 1. The Labute approximate surface area is 243 Å². The molecule has 6 nitrogen and oxygen atoms in total. The molecule has 0 amide bonds. The van der Waals surface area contributed by atoms with E-state index in [2.05, 4.69) is 4.99 Å². The minimum atomic E-state index is -4.99. The fraction of sp³-hybridized carbons (Fsp3) is 0.148. The number of fused-ring (bicyclic) bond motifs is 1. The molecule has 0 aliphatic carbocycles. The lowest BCUT2D eigenvalue weighted by atomic mass is 9.95. The van der Waals surface area contributed by atoms with E-state index in [1.165, 1.54) is 49.0 Å². The molecule has 2 aromatic heterocycles. The summed E-state index contributed by atoms with van der Waals surface area (Å²) >= 11 is 14.0. The van der Waals surface area contributed by atoms with E-state index in [-0.39, 0.29) is 21.5 Å². The van der Waals surface area contributed by atoms with E-state index in [9.17, 15) is 22.8 Å². The summed E-state index contributed by atoms with van der Waals surface area (Å²) in [6, 6.07) is 14.9. The minimum Gasteiger partial charge on any atom is -0.463 e. The number of halogens is 5. The predicted octanol–water partition coefficient (Wildman–Crippen LogP) is 6.39. The maximum atomic E-state index is 14.2. The number of nitrogens with zero attached hydrogens (tertiary/aromatic N) is 2. The van der Waals surface area contributed by atoms with Crippen molar-refractivity contribution in [3.63, 3.8) is 0 Å². The summed E-state index contributed by atoms with van der Waals surface area (Å²) in [4.78, 5) is 30.9. The van der Waals surface area contributed by atoms with Gasteiger partial charge in [0.25, 0.3) is 5.56 Å². The second-order valence-electron chi connectivity index (χ2n) is 8.33. The van der Waals surface area contributed by atoms with Gasteiger partial charge in [0.2, 0.25) is 0 Å². The van der Waals surface area contributed by atoms with Crippen LogP contribution in [0.3, 0.4) is 0 Å². The van der Waals surface area contributed by atoms with Crippen LogP contribution in [-0.4, -0.2) is 23.3 Å². The first-order valence-electron chi connectivity index (χ1n) is 11.6. The molecule has 0 N–H and O–H groups in total. The Bertz CT molecular complexity index is 1790. The Kier molecular flexibility index (Phi) is 8.01. The van der Waals surface area contributed by atoms with E-state index in [0.717, 1.165) is 20.8 Å². The van der Waals surface area contributed by atoms with Crippen LogP contribution in [0.1, 0.15) is 24.3 Å². The standard InChI is InChI=1S/C27H17Cl2F3N2O4S2/c1-2-37-25(36)21-22(14-3-5-15(28)6-4-14)34-24(35)19(40-26(34)33-23(21)27(30,31)32)13-17-9-12-20(38-17)39-18-10-7-16(29)8-11-18/h3-13,22H,2H2,1H3/b19-13+/t22-/m1/s1. The average molecular weight is 625 g/mol. The third-order valence-corrected chi connectivity index (χ3v) is 8.10. The molecule has 0 fully saturated rings. The summed E-state index contributed by atoms with van der Waals surface area (Å²) in [7, 11) is 0. The van der Waals surface area contributed by atoms with E-state index in [0.29, 0.717) is 20.9 Å². The van der Waals surface area contributed by atoms with Gasteiger partial charge in [-0.25, -0.2) is 9.79 Å². The van der Waals surface area contributed by atoms with Crippen molar-refractivity contribution in [2.45, 2.75) is 29.1 Å². The monoisotopic (exact) mass is 624 g/mol. The number of hydrogen-bond acceptors (Lipinski definition) is 7. The van der Waals surface area contributed by atoms with Gasteiger partial charge in [-0.15, -0.1) is 0 Å². The minimum absolute atomic E-state index is 0.0711. The molecule has 0 saturated carbocycles. The van der Waals surface area contributed by atoms with Gasteiger partial charge in [-0.2, -0.15) is 13.2 Å². The van der Waals surface area contributed by atoms with E-state index in [1.54, 1.807) is 24.3 Å². The van der Waals surface area contributed by atoms with Crippen LogP contribution < -0.4 is 14.9 Å². The molecule has 0 unspecified atom stereocenters. The molecule has 3 heterocycles. The maximum absolute atomic E-state index is 14.2. The number of aromatic nitrogens is 1. The first-order valence-corrected chi connectivity index (χ1v) is 14.0. The molecular weight excluding hydrogens is 608 g/mol. The summed E-state index contributed by atoms with van der Waals surface area (Å²) in [5, 5.41) is 1.46.